The summed E-state index contributed by atoms with van der Waals surface area (Å²) in [5.74, 6) is 0.845. The van der Waals surface area contributed by atoms with E-state index in [1.54, 1.807) is 7.11 Å². The van der Waals surface area contributed by atoms with Crippen molar-refractivity contribution in [1.82, 2.24) is 15.1 Å². The molecule has 102 valence electrons. The summed E-state index contributed by atoms with van der Waals surface area (Å²) in [6.07, 6.45) is 3.07. The normalized spacial score (nSPS) is 10.7. The maximum atomic E-state index is 5.25. The molecule has 2 aromatic rings. The van der Waals surface area contributed by atoms with Gasteiger partial charge in [-0.25, -0.2) is 4.68 Å². The van der Waals surface area contributed by atoms with E-state index in [1.165, 1.54) is 5.56 Å². The zero-order valence-corrected chi connectivity index (χ0v) is 11.8. The van der Waals surface area contributed by atoms with Crippen molar-refractivity contribution < 1.29 is 4.74 Å². The predicted molar refractivity (Wildman–Crippen MR) is 76.9 cm³/mol. The average molecular weight is 259 g/mol. The van der Waals surface area contributed by atoms with Crippen LogP contribution >= 0.6 is 0 Å². The Kier molecular flexibility index (Phi) is 4.58. The SMILES string of the molecule is CCCNCc1cnn(-c2cccc(OC)c2)c1C. The van der Waals surface area contributed by atoms with E-state index < -0.39 is 0 Å². The van der Waals surface area contributed by atoms with Crippen LogP contribution in [0.1, 0.15) is 24.6 Å². The molecular formula is C15H21N3O. The number of methoxy groups -OCH3 is 1. The summed E-state index contributed by atoms with van der Waals surface area (Å²) >= 11 is 0. The summed E-state index contributed by atoms with van der Waals surface area (Å²) in [4.78, 5) is 0. The summed E-state index contributed by atoms with van der Waals surface area (Å²) in [6, 6.07) is 7.94. The predicted octanol–water partition coefficient (Wildman–Crippen LogP) is 2.69. The third-order valence-electron chi connectivity index (χ3n) is 3.15. The number of rotatable bonds is 6. The second-order valence-corrected chi connectivity index (χ2v) is 4.55. The number of aromatic nitrogens is 2. The average Bonchev–Trinajstić information content (AvgIpc) is 2.81. The fourth-order valence-corrected chi connectivity index (χ4v) is 2.02. The zero-order chi connectivity index (χ0) is 13.7. The molecule has 1 aromatic heterocycles. The Labute approximate surface area is 114 Å². The lowest BCUT2D eigenvalue weighted by Crippen LogP contribution is -2.14. The Bertz CT molecular complexity index is 534. The smallest absolute Gasteiger partial charge is 0.121 e. The van der Waals surface area contributed by atoms with Crippen LogP contribution in [0.25, 0.3) is 5.69 Å². The summed E-state index contributed by atoms with van der Waals surface area (Å²) in [5.41, 5.74) is 3.42. The molecule has 0 unspecified atom stereocenters. The summed E-state index contributed by atoms with van der Waals surface area (Å²) in [5, 5.41) is 7.86. The van der Waals surface area contributed by atoms with Crippen LogP contribution in [0.5, 0.6) is 5.75 Å². The standard InChI is InChI=1S/C15H21N3O/c1-4-8-16-10-13-11-17-18(12(13)2)14-6-5-7-15(9-14)19-3/h5-7,9,11,16H,4,8,10H2,1-3H3. The minimum atomic E-state index is 0.845. The van der Waals surface area contributed by atoms with Crippen LogP contribution in [0.15, 0.2) is 30.5 Å². The Balaban J connectivity index is 2.20. The molecule has 19 heavy (non-hydrogen) atoms. The molecule has 0 aliphatic carbocycles. The van der Waals surface area contributed by atoms with Crippen molar-refractivity contribution in [3.8, 4) is 11.4 Å². The second kappa shape index (κ2) is 6.38. The number of benzene rings is 1. The van der Waals surface area contributed by atoms with Gasteiger partial charge >= 0.3 is 0 Å². The molecule has 1 heterocycles. The molecule has 0 atom stereocenters. The number of nitrogens with zero attached hydrogens (tertiary/aromatic N) is 2. The molecular weight excluding hydrogens is 238 g/mol. The van der Waals surface area contributed by atoms with Crippen molar-refractivity contribution in [3.63, 3.8) is 0 Å². The van der Waals surface area contributed by atoms with Crippen molar-refractivity contribution in [2.24, 2.45) is 0 Å². The van der Waals surface area contributed by atoms with Crippen LogP contribution in [-0.4, -0.2) is 23.4 Å². The molecule has 1 N–H and O–H groups in total. The van der Waals surface area contributed by atoms with Crippen molar-refractivity contribution >= 4 is 0 Å². The van der Waals surface area contributed by atoms with Gasteiger partial charge in [0.1, 0.15) is 5.75 Å². The van der Waals surface area contributed by atoms with Crippen molar-refractivity contribution in [1.29, 1.82) is 0 Å². The van der Waals surface area contributed by atoms with Crippen LogP contribution in [0.2, 0.25) is 0 Å². The molecule has 0 saturated carbocycles. The summed E-state index contributed by atoms with van der Waals surface area (Å²) in [6.45, 7) is 6.16. The first kappa shape index (κ1) is 13.6. The van der Waals surface area contributed by atoms with Crippen molar-refractivity contribution in [2.75, 3.05) is 13.7 Å². The Morgan fingerprint density at radius 2 is 2.21 bits per heavy atom. The summed E-state index contributed by atoms with van der Waals surface area (Å²) < 4.78 is 7.20. The second-order valence-electron chi connectivity index (χ2n) is 4.55. The molecule has 4 heteroatoms. The Morgan fingerprint density at radius 1 is 1.37 bits per heavy atom. The maximum absolute atomic E-state index is 5.25. The van der Waals surface area contributed by atoms with Gasteiger partial charge in [0.2, 0.25) is 0 Å². The number of hydrogen-bond donors (Lipinski definition) is 1. The molecule has 0 saturated heterocycles. The lowest BCUT2D eigenvalue weighted by Gasteiger charge is -2.08. The van der Waals surface area contributed by atoms with Gasteiger partial charge in [-0.15, -0.1) is 0 Å². The van der Waals surface area contributed by atoms with Crippen LogP contribution in [-0.2, 0) is 6.54 Å². The number of ether oxygens (including phenoxy) is 1. The molecule has 0 aliphatic rings. The van der Waals surface area contributed by atoms with E-state index in [0.29, 0.717) is 0 Å². The zero-order valence-electron chi connectivity index (χ0n) is 11.8. The van der Waals surface area contributed by atoms with Gasteiger partial charge in [0.05, 0.1) is 19.0 Å². The highest BCUT2D eigenvalue weighted by molar-refractivity contribution is 5.40. The van der Waals surface area contributed by atoms with E-state index >= 15 is 0 Å². The fraction of sp³-hybridized carbons (Fsp3) is 0.400. The van der Waals surface area contributed by atoms with E-state index in [1.807, 2.05) is 35.1 Å². The topological polar surface area (TPSA) is 39.1 Å². The molecule has 2 rings (SSSR count). The minimum absolute atomic E-state index is 0.845. The van der Waals surface area contributed by atoms with Crippen molar-refractivity contribution in [2.45, 2.75) is 26.8 Å². The quantitative estimate of drug-likeness (QED) is 0.811. The first-order valence-corrected chi connectivity index (χ1v) is 6.65. The summed E-state index contributed by atoms with van der Waals surface area (Å²) in [7, 11) is 1.68. The van der Waals surface area contributed by atoms with E-state index in [-0.39, 0.29) is 0 Å². The van der Waals surface area contributed by atoms with Gasteiger partial charge in [0.25, 0.3) is 0 Å². The molecule has 0 bridgehead atoms. The lowest BCUT2D eigenvalue weighted by molar-refractivity contribution is 0.414. The van der Waals surface area contributed by atoms with E-state index in [2.05, 4.69) is 24.3 Å². The van der Waals surface area contributed by atoms with Gasteiger partial charge in [-0.1, -0.05) is 13.0 Å². The highest BCUT2D eigenvalue weighted by atomic mass is 16.5. The van der Waals surface area contributed by atoms with Crippen molar-refractivity contribution in [3.05, 3.63) is 41.7 Å². The van der Waals surface area contributed by atoms with Gasteiger partial charge in [-0.3, -0.25) is 0 Å². The maximum Gasteiger partial charge on any atom is 0.121 e. The first-order valence-electron chi connectivity index (χ1n) is 6.65. The van der Waals surface area contributed by atoms with Crippen LogP contribution in [0.3, 0.4) is 0 Å². The van der Waals surface area contributed by atoms with E-state index in [0.717, 1.165) is 36.6 Å². The molecule has 0 fully saturated rings. The molecule has 4 nitrogen and oxygen atoms in total. The minimum Gasteiger partial charge on any atom is -0.497 e. The molecule has 1 aromatic carbocycles. The van der Waals surface area contributed by atoms with Gasteiger partial charge in [0.15, 0.2) is 0 Å². The van der Waals surface area contributed by atoms with Crippen LogP contribution in [0, 0.1) is 6.92 Å². The Morgan fingerprint density at radius 3 is 2.95 bits per heavy atom. The van der Waals surface area contributed by atoms with E-state index in [4.69, 9.17) is 4.74 Å². The van der Waals surface area contributed by atoms with Gasteiger partial charge in [-0.2, -0.15) is 5.10 Å². The van der Waals surface area contributed by atoms with Gasteiger partial charge < -0.3 is 10.1 Å². The fourth-order valence-electron chi connectivity index (χ4n) is 2.02. The number of hydrogen-bond acceptors (Lipinski definition) is 3. The highest BCUT2D eigenvalue weighted by Gasteiger charge is 2.08. The van der Waals surface area contributed by atoms with Gasteiger partial charge in [0, 0.05) is 23.9 Å². The van der Waals surface area contributed by atoms with E-state index in [9.17, 15) is 0 Å². The van der Waals surface area contributed by atoms with Gasteiger partial charge in [-0.05, 0) is 32.0 Å². The molecule has 0 amide bonds. The third-order valence-corrected chi connectivity index (χ3v) is 3.15. The largest absolute Gasteiger partial charge is 0.497 e. The third kappa shape index (κ3) is 3.15. The lowest BCUT2D eigenvalue weighted by atomic mass is 10.2. The van der Waals surface area contributed by atoms with Crippen LogP contribution < -0.4 is 10.1 Å². The highest BCUT2D eigenvalue weighted by Crippen LogP contribution is 2.18. The molecule has 0 radical (unpaired) electrons. The first-order chi connectivity index (χ1) is 9.26. The molecule has 0 spiro atoms. The van der Waals surface area contributed by atoms with Crippen LogP contribution in [0.4, 0.5) is 0 Å². The molecule has 0 aliphatic heterocycles. The number of nitrogens with one attached hydrogen (secondary N) is 1. The Hall–Kier alpha value is -1.81. The monoisotopic (exact) mass is 259 g/mol.